The van der Waals surface area contributed by atoms with Gasteiger partial charge in [0.15, 0.2) is 0 Å². The van der Waals surface area contributed by atoms with Crippen molar-refractivity contribution in [3.05, 3.63) is 77.0 Å². The highest BCUT2D eigenvalue weighted by Crippen LogP contribution is 2.30. The molecule has 1 amide bonds. The highest BCUT2D eigenvalue weighted by atomic mass is 35.5. The molecule has 0 heterocycles. The molecule has 0 fully saturated rings. The lowest BCUT2D eigenvalue weighted by Crippen LogP contribution is -2.15. The number of carbonyl (C=O) groups is 1. The van der Waals surface area contributed by atoms with Crippen LogP contribution in [0.2, 0.25) is 5.02 Å². The zero-order valence-electron chi connectivity index (χ0n) is 14.5. The van der Waals surface area contributed by atoms with Crippen LogP contribution in [0.3, 0.4) is 0 Å². The minimum Gasteiger partial charge on any atom is -0.507 e. The summed E-state index contributed by atoms with van der Waals surface area (Å²) in [6.45, 7) is 1.84. The van der Waals surface area contributed by atoms with E-state index < -0.39 is 5.91 Å². The highest BCUT2D eigenvalue weighted by Gasteiger charge is 2.11. The second kappa shape index (κ2) is 7.81. The number of benzene rings is 3. The molecule has 0 bridgehead atoms. The molecule has 3 aromatic carbocycles. The third-order valence-corrected chi connectivity index (χ3v) is 4.32. The quantitative estimate of drug-likeness (QED) is 0.443. The number of fused-ring (bicyclic) bond motifs is 1. The number of halogens is 1. The Balaban J connectivity index is 1.85. The van der Waals surface area contributed by atoms with E-state index in [2.05, 4.69) is 10.6 Å². The van der Waals surface area contributed by atoms with Crippen LogP contribution < -0.4 is 10.6 Å². The molecule has 0 aliphatic carbocycles. The molecule has 0 saturated carbocycles. The number of aryl methyl sites for hydroxylation is 1. The summed E-state index contributed by atoms with van der Waals surface area (Å²) in [6.07, 6.45) is 1.34. The van der Waals surface area contributed by atoms with Crippen molar-refractivity contribution in [3.8, 4) is 11.8 Å². The third kappa shape index (κ3) is 4.02. The minimum absolute atomic E-state index is 0.0912. The van der Waals surface area contributed by atoms with Crippen LogP contribution in [0.25, 0.3) is 10.8 Å². The van der Waals surface area contributed by atoms with Crippen LogP contribution in [0.1, 0.15) is 5.56 Å². The first-order valence-corrected chi connectivity index (χ1v) is 8.52. The molecular formula is C21H16ClN3O2. The molecule has 134 valence electrons. The fourth-order valence-corrected chi connectivity index (χ4v) is 2.81. The van der Waals surface area contributed by atoms with Gasteiger partial charge in [0.05, 0.1) is 0 Å². The SMILES string of the molecule is Cc1ccc(Cl)cc1NC(=O)/C(C#N)=C\Nc1cccc2c(O)cccc12. The molecule has 0 unspecified atom stereocenters. The Morgan fingerprint density at radius 1 is 1.11 bits per heavy atom. The summed E-state index contributed by atoms with van der Waals surface area (Å²) in [6, 6.07) is 17.6. The zero-order valence-corrected chi connectivity index (χ0v) is 15.2. The number of phenolic OH excluding ortho intramolecular Hbond substituents is 1. The van der Waals surface area contributed by atoms with E-state index in [1.807, 2.05) is 19.1 Å². The van der Waals surface area contributed by atoms with Crippen LogP contribution in [0.4, 0.5) is 11.4 Å². The van der Waals surface area contributed by atoms with Gasteiger partial charge in [-0.2, -0.15) is 5.26 Å². The van der Waals surface area contributed by atoms with E-state index in [1.165, 1.54) is 6.20 Å². The summed E-state index contributed by atoms with van der Waals surface area (Å²) in [4.78, 5) is 12.4. The van der Waals surface area contributed by atoms with Crippen LogP contribution in [0.5, 0.6) is 5.75 Å². The molecule has 5 nitrogen and oxygen atoms in total. The van der Waals surface area contributed by atoms with Crippen LogP contribution in [-0.4, -0.2) is 11.0 Å². The Kier molecular flexibility index (Phi) is 5.30. The van der Waals surface area contributed by atoms with Gasteiger partial charge in [-0.05, 0) is 36.8 Å². The minimum atomic E-state index is -0.543. The number of anilines is 2. The van der Waals surface area contributed by atoms with Crippen LogP contribution in [0.15, 0.2) is 66.4 Å². The van der Waals surface area contributed by atoms with Gasteiger partial charge in [-0.1, -0.05) is 41.9 Å². The lowest BCUT2D eigenvalue weighted by molar-refractivity contribution is -0.112. The third-order valence-electron chi connectivity index (χ3n) is 4.08. The first-order valence-electron chi connectivity index (χ1n) is 8.14. The summed E-state index contributed by atoms with van der Waals surface area (Å²) in [5.41, 5.74) is 1.96. The molecule has 6 heteroatoms. The van der Waals surface area contributed by atoms with Crippen molar-refractivity contribution in [3.63, 3.8) is 0 Å². The predicted octanol–water partition coefficient (Wildman–Crippen LogP) is 4.97. The van der Waals surface area contributed by atoms with Gasteiger partial charge < -0.3 is 15.7 Å². The van der Waals surface area contributed by atoms with E-state index in [9.17, 15) is 15.2 Å². The summed E-state index contributed by atoms with van der Waals surface area (Å²) in [5, 5.41) is 26.9. The summed E-state index contributed by atoms with van der Waals surface area (Å²) < 4.78 is 0. The molecule has 3 aromatic rings. The normalized spacial score (nSPS) is 11.1. The second-order valence-corrected chi connectivity index (χ2v) is 6.34. The molecule has 0 aliphatic heterocycles. The second-order valence-electron chi connectivity index (χ2n) is 5.91. The first-order chi connectivity index (χ1) is 13.0. The number of hydrogen-bond donors (Lipinski definition) is 3. The van der Waals surface area contributed by atoms with E-state index >= 15 is 0 Å². The number of aromatic hydroxyl groups is 1. The largest absolute Gasteiger partial charge is 0.507 e. The maximum absolute atomic E-state index is 12.4. The van der Waals surface area contributed by atoms with E-state index in [1.54, 1.807) is 48.5 Å². The Hall–Kier alpha value is -3.49. The molecule has 0 saturated heterocycles. The summed E-state index contributed by atoms with van der Waals surface area (Å²) in [7, 11) is 0. The van der Waals surface area contributed by atoms with Crippen molar-refractivity contribution in [1.29, 1.82) is 5.26 Å². The molecule has 27 heavy (non-hydrogen) atoms. The van der Waals surface area contributed by atoms with Crippen molar-refractivity contribution in [2.24, 2.45) is 0 Å². The van der Waals surface area contributed by atoms with Gasteiger partial charge >= 0.3 is 0 Å². The standard InChI is InChI=1S/C21H16ClN3O2/c1-13-8-9-15(22)10-19(13)25-21(27)14(11-23)12-24-18-6-2-5-17-16(18)4-3-7-20(17)26/h2-10,12,24,26H,1H3,(H,25,27)/b14-12-. The van der Waals surface area contributed by atoms with Gasteiger partial charge in [-0.3, -0.25) is 4.79 Å². The van der Waals surface area contributed by atoms with Crippen molar-refractivity contribution < 1.29 is 9.90 Å². The van der Waals surface area contributed by atoms with Crippen molar-refractivity contribution in [2.75, 3.05) is 10.6 Å². The zero-order chi connectivity index (χ0) is 19.4. The summed E-state index contributed by atoms with van der Waals surface area (Å²) in [5.74, 6) is -0.381. The van der Waals surface area contributed by atoms with Crippen LogP contribution >= 0.6 is 11.6 Å². The van der Waals surface area contributed by atoms with Crippen molar-refractivity contribution in [2.45, 2.75) is 6.92 Å². The number of hydrogen-bond acceptors (Lipinski definition) is 4. The number of nitrogens with one attached hydrogen (secondary N) is 2. The molecule has 0 radical (unpaired) electrons. The number of nitrogens with zero attached hydrogens (tertiary/aromatic N) is 1. The Morgan fingerprint density at radius 3 is 2.63 bits per heavy atom. The van der Waals surface area contributed by atoms with Gasteiger partial charge in [-0.15, -0.1) is 0 Å². The van der Waals surface area contributed by atoms with Gasteiger partial charge in [0.1, 0.15) is 17.4 Å². The molecule has 3 rings (SSSR count). The van der Waals surface area contributed by atoms with E-state index in [-0.39, 0.29) is 11.3 Å². The fourth-order valence-electron chi connectivity index (χ4n) is 2.64. The topological polar surface area (TPSA) is 85.2 Å². The molecule has 0 spiro atoms. The molecule has 3 N–H and O–H groups in total. The molecule has 0 aliphatic rings. The van der Waals surface area contributed by atoms with Gasteiger partial charge in [0.2, 0.25) is 0 Å². The van der Waals surface area contributed by atoms with Gasteiger partial charge in [0, 0.05) is 33.4 Å². The Bertz CT molecular complexity index is 1100. The fraction of sp³-hybridized carbons (Fsp3) is 0.0476. The molecule has 0 atom stereocenters. The van der Waals surface area contributed by atoms with E-state index in [0.717, 1.165) is 10.9 Å². The molecular weight excluding hydrogens is 362 g/mol. The van der Waals surface area contributed by atoms with Crippen molar-refractivity contribution >= 4 is 39.7 Å². The number of amides is 1. The Labute approximate surface area is 161 Å². The maximum atomic E-state index is 12.4. The van der Waals surface area contributed by atoms with Gasteiger partial charge in [0.25, 0.3) is 5.91 Å². The predicted molar refractivity (Wildman–Crippen MR) is 108 cm³/mol. The van der Waals surface area contributed by atoms with E-state index in [4.69, 9.17) is 11.6 Å². The number of carbonyl (C=O) groups excluding carboxylic acids is 1. The number of phenols is 1. The lowest BCUT2D eigenvalue weighted by atomic mass is 10.1. The number of rotatable bonds is 4. The van der Waals surface area contributed by atoms with Crippen LogP contribution in [0, 0.1) is 18.3 Å². The number of nitriles is 1. The summed E-state index contributed by atoms with van der Waals surface area (Å²) >= 11 is 5.96. The Morgan fingerprint density at radius 2 is 1.85 bits per heavy atom. The van der Waals surface area contributed by atoms with Crippen LogP contribution in [-0.2, 0) is 4.79 Å². The lowest BCUT2D eigenvalue weighted by Gasteiger charge is -2.10. The van der Waals surface area contributed by atoms with Gasteiger partial charge in [-0.25, -0.2) is 0 Å². The molecule has 0 aromatic heterocycles. The maximum Gasteiger partial charge on any atom is 0.267 e. The first kappa shape index (κ1) is 18.3. The average Bonchev–Trinajstić information content (AvgIpc) is 2.66. The smallest absolute Gasteiger partial charge is 0.267 e. The van der Waals surface area contributed by atoms with Crippen molar-refractivity contribution in [1.82, 2.24) is 0 Å². The highest BCUT2D eigenvalue weighted by molar-refractivity contribution is 6.31. The average molecular weight is 378 g/mol. The van der Waals surface area contributed by atoms with E-state index in [0.29, 0.717) is 21.8 Å². The monoisotopic (exact) mass is 377 g/mol.